The number of aliphatic hydroxyl groups is 1. The van der Waals surface area contributed by atoms with Crippen LogP contribution in [0.4, 0.5) is 0 Å². The summed E-state index contributed by atoms with van der Waals surface area (Å²) in [6.45, 7) is 4.37. The average molecular weight is 236 g/mol. The van der Waals surface area contributed by atoms with Crippen molar-refractivity contribution in [3.05, 3.63) is 30.2 Å². The van der Waals surface area contributed by atoms with Gasteiger partial charge in [0, 0.05) is 19.2 Å². The minimum absolute atomic E-state index is 0.150. The number of furan rings is 1. The fourth-order valence-corrected chi connectivity index (χ4v) is 1.64. The van der Waals surface area contributed by atoms with E-state index in [-0.39, 0.29) is 6.61 Å². The Balaban J connectivity index is 2.03. The zero-order valence-corrected chi connectivity index (χ0v) is 9.80. The maximum atomic E-state index is 8.90. The smallest absolute Gasteiger partial charge is 0.202 e. The van der Waals surface area contributed by atoms with Gasteiger partial charge in [0.05, 0.1) is 18.6 Å². The third-order valence-corrected chi connectivity index (χ3v) is 2.57. The highest BCUT2D eigenvalue weighted by molar-refractivity contribution is 5.49. The molecule has 2 aromatic heterocycles. The van der Waals surface area contributed by atoms with Crippen LogP contribution in [0.2, 0.25) is 0 Å². The van der Waals surface area contributed by atoms with E-state index in [4.69, 9.17) is 14.0 Å². The predicted molar refractivity (Wildman–Crippen MR) is 62.2 cm³/mol. The van der Waals surface area contributed by atoms with Gasteiger partial charge >= 0.3 is 0 Å². The number of aliphatic hydroxyl groups excluding tert-OH is 1. The third-order valence-electron chi connectivity index (χ3n) is 2.57. The van der Waals surface area contributed by atoms with Crippen LogP contribution in [0.5, 0.6) is 0 Å². The Morgan fingerprint density at radius 2 is 2.29 bits per heavy atom. The first-order valence-corrected chi connectivity index (χ1v) is 5.66. The van der Waals surface area contributed by atoms with E-state index in [1.165, 1.54) is 0 Å². The fourth-order valence-electron chi connectivity index (χ4n) is 1.64. The lowest BCUT2D eigenvalue weighted by Gasteiger charge is -2.16. The summed E-state index contributed by atoms with van der Waals surface area (Å²) in [5, 5.41) is 12.9. The zero-order valence-electron chi connectivity index (χ0n) is 9.80. The summed E-state index contributed by atoms with van der Waals surface area (Å²) >= 11 is 0. The zero-order chi connectivity index (χ0) is 12.1. The summed E-state index contributed by atoms with van der Waals surface area (Å²) in [6, 6.07) is 5.50. The average Bonchev–Trinajstić information content (AvgIpc) is 2.98. The van der Waals surface area contributed by atoms with Crippen molar-refractivity contribution in [1.29, 1.82) is 0 Å². The molecule has 2 aromatic rings. The Morgan fingerprint density at radius 3 is 2.94 bits per heavy atom. The molecule has 92 valence electrons. The van der Waals surface area contributed by atoms with Crippen molar-refractivity contribution >= 4 is 0 Å². The minimum atomic E-state index is 0.150. The van der Waals surface area contributed by atoms with Gasteiger partial charge < -0.3 is 14.0 Å². The standard InChI is InChI=1S/C12H16N2O3/c1-2-14(5-6-15)9-10-8-12(17-13-10)11-4-3-7-16-11/h3-4,7-8,15H,2,5-6,9H2,1H3. The van der Waals surface area contributed by atoms with Gasteiger partial charge in [0.1, 0.15) is 0 Å². The van der Waals surface area contributed by atoms with Crippen LogP contribution in [0.15, 0.2) is 33.4 Å². The van der Waals surface area contributed by atoms with Gasteiger partial charge in [-0.05, 0) is 18.7 Å². The maximum absolute atomic E-state index is 8.90. The van der Waals surface area contributed by atoms with Gasteiger partial charge in [0.2, 0.25) is 5.76 Å². The first-order chi connectivity index (χ1) is 8.33. The Hall–Kier alpha value is -1.59. The summed E-state index contributed by atoms with van der Waals surface area (Å²) in [4.78, 5) is 2.09. The van der Waals surface area contributed by atoms with Crippen molar-refractivity contribution in [3.63, 3.8) is 0 Å². The molecule has 2 rings (SSSR count). The van der Waals surface area contributed by atoms with E-state index in [2.05, 4.69) is 10.1 Å². The topological polar surface area (TPSA) is 62.6 Å². The van der Waals surface area contributed by atoms with Crippen molar-refractivity contribution < 1.29 is 14.0 Å². The maximum Gasteiger partial charge on any atom is 0.202 e. The van der Waals surface area contributed by atoms with E-state index in [0.29, 0.717) is 24.6 Å². The molecular formula is C12H16N2O3. The Kier molecular flexibility index (Phi) is 3.95. The molecule has 0 saturated carbocycles. The molecule has 5 heteroatoms. The molecule has 0 aliphatic heterocycles. The molecule has 2 heterocycles. The molecule has 17 heavy (non-hydrogen) atoms. The highest BCUT2D eigenvalue weighted by Crippen LogP contribution is 2.20. The Morgan fingerprint density at radius 1 is 1.41 bits per heavy atom. The molecule has 0 aromatic carbocycles. The van der Waals surface area contributed by atoms with Gasteiger partial charge in [0.15, 0.2) is 5.76 Å². The van der Waals surface area contributed by atoms with Gasteiger partial charge in [-0.3, -0.25) is 4.90 Å². The molecule has 0 aliphatic carbocycles. The van der Waals surface area contributed by atoms with Gasteiger partial charge in [-0.1, -0.05) is 12.1 Å². The van der Waals surface area contributed by atoms with Crippen molar-refractivity contribution in [2.45, 2.75) is 13.5 Å². The molecule has 0 amide bonds. The van der Waals surface area contributed by atoms with E-state index in [0.717, 1.165) is 12.2 Å². The Labute approximate surface area is 99.6 Å². The number of hydrogen-bond acceptors (Lipinski definition) is 5. The summed E-state index contributed by atoms with van der Waals surface area (Å²) in [5.41, 5.74) is 0.840. The van der Waals surface area contributed by atoms with Crippen molar-refractivity contribution in [2.24, 2.45) is 0 Å². The van der Waals surface area contributed by atoms with Crippen LogP contribution in [0.1, 0.15) is 12.6 Å². The number of rotatable bonds is 6. The van der Waals surface area contributed by atoms with E-state index in [9.17, 15) is 0 Å². The second-order valence-corrected chi connectivity index (χ2v) is 3.75. The van der Waals surface area contributed by atoms with E-state index in [1.54, 1.807) is 6.26 Å². The first-order valence-electron chi connectivity index (χ1n) is 5.66. The first kappa shape index (κ1) is 11.9. The molecule has 0 unspecified atom stereocenters. The van der Waals surface area contributed by atoms with Crippen LogP contribution in [0, 0.1) is 0 Å². The molecule has 0 atom stereocenters. The summed E-state index contributed by atoms with van der Waals surface area (Å²) < 4.78 is 10.4. The summed E-state index contributed by atoms with van der Waals surface area (Å²) in [5.74, 6) is 1.30. The molecule has 5 nitrogen and oxygen atoms in total. The van der Waals surface area contributed by atoms with Crippen LogP contribution in [-0.4, -0.2) is 34.9 Å². The molecule has 0 radical (unpaired) electrons. The van der Waals surface area contributed by atoms with Crippen LogP contribution >= 0.6 is 0 Å². The molecule has 0 saturated heterocycles. The molecule has 0 aliphatic rings. The summed E-state index contributed by atoms with van der Waals surface area (Å²) in [7, 11) is 0. The summed E-state index contributed by atoms with van der Waals surface area (Å²) in [6.07, 6.45) is 1.60. The van der Waals surface area contributed by atoms with Gasteiger partial charge in [-0.25, -0.2) is 0 Å². The quantitative estimate of drug-likeness (QED) is 0.827. The van der Waals surface area contributed by atoms with E-state index < -0.39 is 0 Å². The molecule has 0 bridgehead atoms. The van der Waals surface area contributed by atoms with Crippen LogP contribution in [0.25, 0.3) is 11.5 Å². The van der Waals surface area contributed by atoms with Crippen molar-refractivity contribution in [1.82, 2.24) is 10.1 Å². The van der Waals surface area contributed by atoms with E-state index >= 15 is 0 Å². The van der Waals surface area contributed by atoms with Gasteiger partial charge in [-0.15, -0.1) is 0 Å². The number of nitrogens with zero attached hydrogens (tertiary/aromatic N) is 2. The Bertz CT molecular complexity index is 436. The highest BCUT2D eigenvalue weighted by Gasteiger charge is 2.11. The lowest BCUT2D eigenvalue weighted by molar-refractivity contribution is 0.193. The largest absolute Gasteiger partial charge is 0.461 e. The number of hydrogen-bond donors (Lipinski definition) is 1. The SMILES string of the molecule is CCN(CCO)Cc1cc(-c2ccco2)on1. The van der Waals surface area contributed by atoms with Gasteiger partial charge in [-0.2, -0.15) is 0 Å². The molecule has 0 fully saturated rings. The fraction of sp³-hybridized carbons (Fsp3) is 0.417. The third kappa shape index (κ3) is 2.95. The number of aromatic nitrogens is 1. The minimum Gasteiger partial charge on any atom is -0.461 e. The second-order valence-electron chi connectivity index (χ2n) is 3.75. The lowest BCUT2D eigenvalue weighted by atomic mass is 10.3. The molecule has 1 N–H and O–H groups in total. The molecular weight excluding hydrogens is 220 g/mol. The normalized spacial score (nSPS) is 11.2. The highest BCUT2D eigenvalue weighted by atomic mass is 16.5. The van der Waals surface area contributed by atoms with Crippen LogP contribution in [-0.2, 0) is 6.54 Å². The van der Waals surface area contributed by atoms with Crippen LogP contribution < -0.4 is 0 Å². The number of likely N-dealkylation sites (N-methyl/N-ethyl adjacent to an activating group) is 1. The predicted octanol–water partition coefficient (Wildman–Crippen LogP) is 1.75. The van der Waals surface area contributed by atoms with Crippen molar-refractivity contribution in [3.8, 4) is 11.5 Å². The van der Waals surface area contributed by atoms with Gasteiger partial charge in [0.25, 0.3) is 0 Å². The monoisotopic (exact) mass is 236 g/mol. The van der Waals surface area contributed by atoms with Crippen molar-refractivity contribution in [2.75, 3.05) is 19.7 Å². The molecule has 0 spiro atoms. The van der Waals surface area contributed by atoms with E-state index in [1.807, 2.05) is 25.1 Å². The van der Waals surface area contributed by atoms with Crippen LogP contribution in [0.3, 0.4) is 0 Å². The lowest BCUT2D eigenvalue weighted by Crippen LogP contribution is -2.26. The second kappa shape index (κ2) is 5.65.